The van der Waals surface area contributed by atoms with Crippen molar-refractivity contribution < 1.29 is 26.4 Å². The van der Waals surface area contributed by atoms with Crippen molar-refractivity contribution in [1.29, 1.82) is 0 Å². The van der Waals surface area contributed by atoms with Crippen LogP contribution >= 0.6 is 0 Å². The fraction of sp³-hybridized carbons (Fsp3) is 0.462. The molecule has 1 aliphatic rings. The Morgan fingerprint density at radius 3 is 2.26 bits per heavy atom. The fourth-order valence-corrected chi connectivity index (χ4v) is 4.91. The van der Waals surface area contributed by atoms with E-state index in [1.54, 1.807) is 18.2 Å². The quantitative estimate of drug-likeness (QED) is 0.669. The summed E-state index contributed by atoms with van der Waals surface area (Å²) in [6.45, 7) is -0.417. The van der Waals surface area contributed by atoms with Crippen LogP contribution in [0.1, 0.15) is 0 Å². The molecule has 8 nitrogen and oxygen atoms in total. The van der Waals surface area contributed by atoms with E-state index in [4.69, 9.17) is 0 Å². The Kier molecular flexibility index (Phi) is 5.09. The number of sulfonamides is 2. The maximum Gasteiger partial charge on any atom is 0.325 e. The van der Waals surface area contributed by atoms with Crippen LogP contribution < -0.4 is 0 Å². The van der Waals surface area contributed by atoms with Gasteiger partial charge in [0.2, 0.25) is 20.0 Å². The van der Waals surface area contributed by atoms with Gasteiger partial charge in [0.25, 0.3) is 0 Å². The first kappa shape index (κ1) is 17.9. The van der Waals surface area contributed by atoms with E-state index in [0.29, 0.717) is 0 Å². The van der Waals surface area contributed by atoms with Crippen LogP contribution in [-0.2, 0) is 29.6 Å². The molecule has 1 aliphatic heterocycles. The normalized spacial score (nSPS) is 21.0. The molecule has 1 saturated heterocycles. The second kappa shape index (κ2) is 6.56. The topological polar surface area (TPSA) is 101 Å². The summed E-state index contributed by atoms with van der Waals surface area (Å²) < 4.78 is 55.5. The predicted octanol–water partition coefficient (Wildman–Crippen LogP) is -0.506. The van der Waals surface area contributed by atoms with Crippen LogP contribution in [0.3, 0.4) is 0 Å². The molecule has 0 unspecified atom stereocenters. The highest BCUT2D eigenvalue weighted by Gasteiger charge is 2.42. The summed E-state index contributed by atoms with van der Waals surface area (Å²) in [7, 11) is -6.32. The van der Waals surface area contributed by atoms with Crippen molar-refractivity contribution in [1.82, 2.24) is 8.61 Å². The lowest BCUT2D eigenvalue weighted by Gasteiger charge is -2.37. The zero-order chi connectivity index (χ0) is 17.3. The molecule has 2 rings (SSSR count). The number of ether oxygens (including phenoxy) is 1. The van der Waals surface area contributed by atoms with Crippen LogP contribution in [0.15, 0.2) is 35.2 Å². The molecule has 1 aromatic rings. The SMILES string of the molecule is COC(=O)[C@@H]1CN(S(=O)(=O)c2ccccc2)CCN1S(C)(=O)=O. The number of hydrogen-bond acceptors (Lipinski definition) is 6. The second-order valence-electron chi connectivity index (χ2n) is 5.09. The molecular formula is C13H18N2O6S2. The molecule has 23 heavy (non-hydrogen) atoms. The highest BCUT2D eigenvalue weighted by molar-refractivity contribution is 7.89. The minimum atomic E-state index is -3.80. The number of rotatable bonds is 4. The minimum absolute atomic E-state index is 0.0300. The number of piperazine rings is 1. The first-order valence-corrected chi connectivity index (χ1v) is 10.1. The van der Waals surface area contributed by atoms with E-state index in [1.807, 2.05) is 0 Å². The van der Waals surface area contributed by atoms with E-state index in [1.165, 1.54) is 12.1 Å². The van der Waals surface area contributed by atoms with Crippen LogP contribution in [0.25, 0.3) is 0 Å². The molecule has 0 aromatic heterocycles. The van der Waals surface area contributed by atoms with Crippen molar-refractivity contribution >= 4 is 26.0 Å². The number of carbonyl (C=O) groups is 1. The summed E-state index contributed by atoms with van der Waals surface area (Å²) in [5, 5.41) is 0. The molecule has 0 spiro atoms. The number of hydrogen-bond donors (Lipinski definition) is 0. The van der Waals surface area contributed by atoms with Crippen LogP contribution in [0.4, 0.5) is 0 Å². The minimum Gasteiger partial charge on any atom is -0.468 e. The van der Waals surface area contributed by atoms with Gasteiger partial charge in [0.1, 0.15) is 6.04 Å². The molecule has 128 valence electrons. The first-order chi connectivity index (χ1) is 10.7. The number of carbonyl (C=O) groups excluding carboxylic acids is 1. The Balaban J connectivity index is 2.33. The molecule has 1 aromatic carbocycles. The van der Waals surface area contributed by atoms with Crippen LogP contribution in [0.5, 0.6) is 0 Å². The summed E-state index contributed by atoms with van der Waals surface area (Å²) in [5.41, 5.74) is 0. The van der Waals surface area contributed by atoms with Crippen LogP contribution in [0.2, 0.25) is 0 Å². The van der Waals surface area contributed by atoms with Gasteiger partial charge in [0, 0.05) is 19.6 Å². The maximum absolute atomic E-state index is 12.6. The summed E-state index contributed by atoms with van der Waals surface area (Å²) in [6, 6.07) is 6.59. The lowest BCUT2D eigenvalue weighted by molar-refractivity contribution is -0.146. The Morgan fingerprint density at radius 1 is 1.13 bits per heavy atom. The fourth-order valence-electron chi connectivity index (χ4n) is 2.43. The van der Waals surface area contributed by atoms with E-state index in [0.717, 1.165) is 22.0 Å². The van der Waals surface area contributed by atoms with E-state index in [2.05, 4.69) is 4.74 Å². The van der Waals surface area contributed by atoms with Gasteiger partial charge in [0.15, 0.2) is 0 Å². The monoisotopic (exact) mass is 362 g/mol. The zero-order valence-electron chi connectivity index (χ0n) is 12.7. The van der Waals surface area contributed by atoms with Crippen molar-refractivity contribution in [2.45, 2.75) is 10.9 Å². The Hall–Kier alpha value is -1.49. The number of nitrogens with zero attached hydrogens (tertiary/aromatic N) is 2. The zero-order valence-corrected chi connectivity index (χ0v) is 14.4. The van der Waals surface area contributed by atoms with E-state index in [-0.39, 0.29) is 24.5 Å². The van der Waals surface area contributed by atoms with Crippen molar-refractivity contribution in [2.24, 2.45) is 0 Å². The van der Waals surface area contributed by atoms with Gasteiger partial charge in [-0.1, -0.05) is 18.2 Å². The lowest BCUT2D eigenvalue weighted by Crippen LogP contribution is -2.59. The highest BCUT2D eigenvalue weighted by atomic mass is 32.2. The van der Waals surface area contributed by atoms with Gasteiger partial charge in [-0.3, -0.25) is 4.79 Å². The van der Waals surface area contributed by atoms with Gasteiger partial charge in [0.05, 0.1) is 18.3 Å². The van der Waals surface area contributed by atoms with E-state index in [9.17, 15) is 21.6 Å². The number of esters is 1. The molecule has 1 atom stereocenters. The van der Waals surface area contributed by atoms with Crippen molar-refractivity contribution in [2.75, 3.05) is 33.0 Å². The van der Waals surface area contributed by atoms with E-state index < -0.39 is 32.1 Å². The molecule has 1 fully saturated rings. The summed E-state index contributed by atoms with van der Waals surface area (Å²) >= 11 is 0. The van der Waals surface area contributed by atoms with Gasteiger partial charge in [-0.05, 0) is 12.1 Å². The molecule has 0 amide bonds. The average Bonchev–Trinajstić information content (AvgIpc) is 2.53. The Morgan fingerprint density at radius 2 is 1.74 bits per heavy atom. The average molecular weight is 362 g/mol. The van der Waals surface area contributed by atoms with Crippen LogP contribution in [-0.4, -0.2) is 70.5 Å². The van der Waals surface area contributed by atoms with Gasteiger partial charge in [-0.25, -0.2) is 16.8 Å². The summed E-state index contributed by atoms with van der Waals surface area (Å²) in [4.78, 5) is 12.0. The highest BCUT2D eigenvalue weighted by Crippen LogP contribution is 2.22. The van der Waals surface area contributed by atoms with Gasteiger partial charge < -0.3 is 4.74 Å². The number of benzene rings is 1. The van der Waals surface area contributed by atoms with Gasteiger partial charge in [-0.2, -0.15) is 8.61 Å². The molecule has 10 heteroatoms. The summed E-state index contributed by atoms with van der Waals surface area (Å²) in [6.07, 6.45) is 0.976. The predicted molar refractivity (Wildman–Crippen MR) is 82.6 cm³/mol. The van der Waals surface area contributed by atoms with Crippen molar-refractivity contribution in [3.8, 4) is 0 Å². The smallest absolute Gasteiger partial charge is 0.325 e. The standard InChI is InChI=1S/C13H18N2O6S2/c1-21-13(16)12-10-14(8-9-15(12)22(2,17)18)23(19,20)11-6-4-3-5-7-11/h3-7,12H,8-10H2,1-2H3/t12-/m0/s1. The van der Waals surface area contributed by atoms with Crippen molar-refractivity contribution in [3.05, 3.63) is 30.3 Å². The molecule has 0 bridgehead atoms. The largest absolute Gasteiger partial charge is 0.468 e. The maximum atomic E-state index is 12.6. The Bertz CT molecular complexity index is 776. The second-order valence-corrected chi connectivity index (χ2v) is 8.96. The molecule has 0 N–H and O–H groups in total. The molecular weight excluding hydrogens is 344 g/mol. The molecule has 0 saturated carbocycles. The third-order valence-electron chi connectivity index (χ3n) is 3.57. The van der Waals surface area contributed by atoms with Gasteiger partial charge >= 0.3 is 5.97 Å². The molecule has 0 aliphatic carbocycles. The summed E-state index contributed by atoms with van der Waals surface area (Å²) in [5.74, 6) is -0.789. The third kappa shape index (κ3) is 3.71. The van der Waals surface area contributed by atoms with Gasteiger partial charge in [-0.15, -0.1) is 0 Å². The Labute approximate surface area is 135 Å². The van der Waals surface area contributed by atoms with Crippen molar-refractivity contribution in [3.63, 3.8) is 0 Å². The van der Waals surface area contributed by atoms with Crippen LogP contribution in [0, 0.1) is 0 Å². The van der Waals surface area contributed by atoms with E-state index >= 15 is 0 Å². The molecule has 0 radical (unpaired) electrons. The first-order valence-electron chi connectivity index (χ1n) is 6.78. The number of methoxy groups -OCH3 is 1. The lowest BCUT2D eigenvalue weighted by atomic mass is 10.2. The third-order valence-corrected chi connectivity index (χ3v) is 6.74. The molecule has 1 heterocycles.